The van der Waals surface area contributed by atoms with Crippen molar-refractivity contribution in [3.63, 3.8) is 0 Å². The van der Waals surface area contributed by atoms with Gasteiger partial charge in [0.2, 0.25) is 15.9 Å². The number of piperazine rings is 1. The van der Waals surface area contributed by atoms with Gasteiger partial charge in [-0.1, -0.05) is 24.3 Å². The fourth-order valence-corrected chi connectivity index (χ4v) is 4.99. The zero-order valence-electron chi connectivity index (χ0n) is 18.2. The van der Waals surface area contributed by atoms with Crippen molar-refractivity contribution >= 4 is 21.7 Å². The Morgan fingerprint density at radius 2 is 1.59 bits per heavy atom. The fourth-order valence-electron chi connectivity index (χ4n) is 3.57. The van der Waals surface area contributed by atoms with Crippen LogP contribution in [0.4, 0.5) is 0 Å². The molecule has 1 aliphatic heterocycles. The molecule has 2 aromatic rings. The Hall–Kier alpha value is -3.06. The van der Waals surface area contributed by atoms with Crippen molar-refractivity contribution in [3.05, 3.63) is 65.2 Å². The molecule has 9 heteroatoms. The number of nitriles is 1. The maximum absolute atomic E-state index is 12.9. The van der Waals surface area contributed by atoms with Crippen LogP contribution in [0.1, 0.15) is 28.4 Å². The molecule has 0 atom stereocenters. The topological polar surface area (TPSA) is 102 Å². The number of nitrogens with zero attached hydrogens (tertiary/aromatic N) is 4. The number of sulfonamides is 1. The van der Waals surface area contributed by atoms with E-state index >= 15 is 0 Å². The Bertz CT molecular complexity index is 1110. The molecule has 1 heterocycles. The third-order valence-corrected chi connectivity index (χ3v) is 7.34. The van der Waals surface area contributed by atoms with Gasteiger partial charge < -0.3 is 4.90 Å². The molecule has 0 aliphatic carbocycles. The second-order valence-corrected chi connectivity index (χ2v) is 9.78. The first-order valence-corrected chi connectivity index (χ1v) is 11.7. The molecule has 168 valence electrons. The third-order valence-electron chi connectivity index (χ3n) is 5.43. The molecular weight excluding hydrogens is 428 g/mol. The summed E-state index contributed by atoms with van der Waals surface area (Å²) in [5.41, 5.74) is 2.06. The van der Waals surface area contributed by atoms with Crippen LogP contribution < -0.4 is 0 Å². The standard InChI is InChI=1S/C23H26N4O4S/c1-18(28)21-7-9-22(10-8-21)32(30,31)27-13-11-26(12-14-27)23(29)17-25(2)16-20-5-3-19(15-24)4-6-20/h3-10H,11-14,16-17H2,1-2H3. The molecule has 8 nitrogen and oxygen atoms in total. The molecule has 0 spiro atoms. The maximum atomic E-state index is 12.9. The lowest BCUT2D eigenvalue weighted by Gasteiger charge is -2.34. The van der Waals surface area contributed by atoms with E-state index in [1.165, 1.54) is 35.5 Å². The normalized spacial score (nSPS) is 14.9. The highest BCUT2D eigenvalue weighted by Gasteiger charge is 2.30. The molecule has 0 aromatic heterocycles. The first-order valence-electron chi connectivity index (χ1n) is 10.3. The van der Waals surface area contributed by atoms with Crippen molar-refractivity contribution in [2.75, 3.05) is 39.8 Å². The average Bonchev–Trinajstić information content (AvgIpc) is 2.79. The molecule has 2 aromatic carbocycles. The molecular formula is C23H26N4O4S. The van der Waals surface area contributed by atoms with E-state index in [9.17, 15) is 18.0 Å². The number of Topliss-reactive ketones (excluding diaryl/α,β-unsaturated/α-hetero) is 1. The average molecular weight is 455 g/mol. The van der Waals surface area contributed by atoms with E-state index in [0.29, 0.717) is 30.8 Å². The van der Waals surface area contributed by atoms with Gasteiger partial charge in [0, 0.05) is 38.3 Å². The Morgan fingerprint density at radius 3 is 2.12 bits per heavy atom. The van der Waals surface area contributed by atoms with Gasteiger partial charge in [0.25, 0.3) is 0 Å². The van der Waals surface area contributed by atoms with Crippen molar-refractivity contribution in [3.8, 4) is 6.07 Å². The van der Waals surface area contributed by atoms with Gasteiger partial charge >= 0.3 is 0 Å². The van der Waals surface area contributed by atoms with E-state index in [0.717, 1.165) is 5.56 Å². The summed E-state index contributed by atoms with van der Waals surface area (Å²) in [6, 6.07) is 15.2. The lowest BCUT2D eigenvalue weighted by atomic mass is 10.1. The number of rotatable bonds is 7. The van der Waals surface area contributed by atoms with Crippen LogP contribution in [0.15, 0.2) is 53.4 Å². The monoisotopic (exact) mass is 454 g/mol. The number of ketones is 1. The summed E-state index contributed by atoms with van der Waals surface area (Å²) in [6.07, 6.45) is 0. The molecule has 1 fully saturated rings. The number of benzene rings is 2. The Morgan fingerprint density at radius 1 is 1.00 bits per heavy atom. The second-order valence-electron chi connectivity index (χ2n) is 7.85. The smallest absolute Gasteiger partial charge is 0.243 e. The van der Waals surface area contributed by atoms with E-state index in [-0.39, 0.29) is 36.2 Å². The zero-order chi connectivity index (χ0) is 23.3. The van der Waals surface area contributed by atoms with Crippen molar-refractivity contribution < 1.29 is 18.0 Å². The molecule has 0 N–H and O–H groups in total. The van der Waals surface area contributed by atoms with E-state index in [4.69, 9.17) is 5.26 Å². The van der Waals surface area contributed by atoms with Gasteiger partial charge in [-0.3, -0.25) is 14.5 Å². The molecule has 1 saturated heterocycles. The number of amides is 1. The number of carbonyl (C=O) groups is 2. The highest BCUT2D eigenvalue weighted by molar-refractivity contribution is 7.89. The molecule has 0 unspecified atom stereocenters. The van der Waals surface area contributed by atoms with Gasteiger partial charge in [-0.2, -0.15) is 9.57 Å². The van der Waals surface area contributed by atoms with Crippen molar-refractivity contribution in [1.29, 1.82) is 5.26 Å². The molecule has 3 rings (SSSR count). The van der Waals surface area contributed by atoms with Gasteiger partial charge in [-0.25, -0.2) is 8.42 Å². The van der Waals surface area contributed by atoms with Crippen LogP contribution in [0, 0.1) is 11.3 Å². The van der Waals surface area contributed by atoms with Crippen LogP contribution in [0.2, 0.25) is 0 Å². The zero-order valence-corrected chi connectivity index (χ0v) is 19.0. The van der Waals surface area contributed by atoms with Crippen molar-refractivity contribution in [1.82, 2.24) is 14.1 Å². The molecule has 1 amide bonds. The number of hydrogen-bond acceptors (Lipinski definition) is 6. The Balaban J connectivity index is 1.53. The minimum absolute atomic E-state index is 0.0518. The largest absolute Gasteiger partial charge is 0.339 e. The molecule has 1 aliphatic rings. The first-order chi connectivity index (χ1) is 15.2. The lowest BCUT2D eigenvalue weighted by Crippen LogP contribution is -2.52. The Kier molecular flexibility index (Phi) is 7.40. The summed E-state index contributed by atoms with van der Waals surface area (Å²) in [6.45, 7) is 3.33. The first kappa shape index (κ1) is 23.6. The van der Waals surface area contributed by atoms with Crippen molar-refractivity contribution in [2.24, 2.45) is 0 Å². The predicted octanol–water partition coefficient (Wildman–Crippen LogP) is 1.73. The van der Waals surface area contributed by atoms with Crippen LogP contribution in [0.3, 0.4) is 0 Å². The fraction of sp³-hybridized carbons (Fsp3) is 0.348. The van der Waals surface area contributed by atoms with Gasteiger partial charge in [-0.15, -0.1) is 0 Å². The van der Waals surface area contributed by atoms with Gasteiger partial charge in [0.1, 0.15) is 0 Å². The summed E-state index contributed by atoms with van der Waals surface area (Å²) < 4.78 is 27.1. The molecule has 0 bridgehead atoms. The van der Waals surface area contributed by atoms with Gasteiger partial charge in [-0.05, 0) is 43.8 Å². The second kappa shape index (κ2) is 10.0. The van der Waals surface area contributed by atoms with Crippen LogP contribution in [-0.2, 0) is 21.4 Å². The minimum Gasteiger partial charge on any atom is -0.339 e. The molecule has 0 saturated carbocycles. The minimum atomic E-state index is -3.67. The summed E-state index contributed by atoms with van der Waals surface area (Å²) in [5, 5.41) is 8.87. The molecule has 0 radical (unpaired) electrons. The quantitative estimate of drug-likeness (QED) is 0.591. The van der Waals surface area contributed by atoms with E-state index in [1.807, 2.05) is 24.1 Å². The van der Waals surface area contributed by atoms with E-state index in [2.05, 4.69) is 6.07 Å². The maximum Gasteiger partial charge on any atom is 0.243 e. The van der Waals surface area contributed by atoms with Crippen LogP contribution in [0.5, 0.6) is 0 Å². The SMILES string of the molecule is CC(=O)c1ccc(S(=O)(=O)N2CCN(C(=O)CN(C)Cc3ccc(C#N)cc3)CC2)cc1. The predicted molar refractivity (Wildman–Crippen MR) is 119 cm³/mol. The highest BCUT2D eigenvalue weighted by Crippen LogP contribution is 2.19. The number of carbonyl (C=O) groups excluding carboxylic acids is 2. The van der Waals surface area contributed by atoms with Crippen LogP contribution >= 0.6 is 0 Å². The third kappa shape index (κ3) is 5.59. The van der Waals surface area contributed by atoms with Gasteiger partial charge in [0.15, 0.2) is 5.78 Å². The summed E-state index contributed by atoms with van der Waals surface area (Å²) in [5.74, 6) is -0.172. The summed E-state index contributed by atoms with van der Waals surface area (Å²) >= 11 is 0. The molecule has 32 heavy (non-hydrogen) atoms. The number of likely N-dealkylation sites (N-methyl/N-ethyl adjacent to an activating group) is 1. The van der Waals surface area contributed by atoms with Crippen LogP contribution in [0.25, 0.3) is 0 Å². The highest BCUT2D eigenvalue weighted by atomic mass is 32.2. The van der Waals surface area contributed by atoms with Gasteiger partial charge in [0.05, 0.1) is 23.1 Å². The van der Waals surface area contributed by atoms with E-state index < -0.39 is 10.0 Å². The van der Waals surface area contributed by atoms with Crippen LogP contribution in [-0.4, -0.2) is 74.0 Å². The van der Waals surface area contributed by atoms with E-state index in [1.54, 1.807) is 17.0 Å². The lowest BCUT2D eigenvalue weighted by molar-refractivity contribution is -0.133. The Labute approximate surface area is 188 Å². The van der Waals surface area contributed by atoms with Crippen molar-refractivity contribution in [2.45, 2.75) is 18.4 Å². The summed E-state index contributed by atoms with van der Waals surface area (Å²) in [4.78, 5) is 27.8. The summed E-state index contributed by atoms with van der Waals surface area (Å²) in [7, 11) is -1.82. The number of hydrogen-bond donors (Lipinski definition) is 0.